The molecule has 7 heteroatoms. The fourth-order valence-electron chi connectivity index (χ4n) is 2.51. The fourth-order valence-corrected chi connectivity index (χ4v) is 4.22. The number of hydrogen-bond acceptors (Lipinski definition) is 4. The lowest BCUT2D eigenvalue weighted by molar-refractivity contribution is 0.0950. The van der Waals surface area contributed by atoms with Crippen LogP contribution in [0.3, 0.4) is 0 Å². The average Bonchev–Trinajstić information content (AvgIpc) is 2.61. The summed E-state index contributed by atoms with van der Waals surface area (Å²) in [6.45, 7) is 6.42. The van der Waals surface area contributed by atoms with Crippen molar-refractivity contribution in [2.45, 2.75) is 32.2 Å². The zero-order chi connectivity index (χ0) is 18.4. The molecule has 1 heterocycles. The Hall–Kier alpha value is -2.25. The number of amides is 1. The minimum Gasteiger partial charge on any atom is -0.348 e. The normalized spacial score (nSPS) is 11.5. The van der Waals surface area contributed by atoms with E-state index in [2.05, 4.69) is 10.3 Å². The maximum atomic E-state index is 12.8. The molecule has 0 saturated heterocycles. The number of nitrogens with one attached hydrogen (secondary N) is 1. The second-order valence-electron chi connectivity index (χ2n) is 5.61. The van der Waals surface area contributed by atoms with Crippen molar-refractivity contribution >= 4 is 15.9 Å². The highest BCUT2D eigenvalue weighted by molar-refractivity contribution is 7.89. The Balaban J connectivity index is 2.24. The largest absolute Gasteiger partial charge is 0.348 e. The smallest absolute Gasteiger partial charge is 0.251 e. The molecule has 134 valence electrons. The van der Waals surface area contributed by atoms with Crippen molar-refractivity contribution in [3.63, 3.8) is 0 Å². The quantitative estimate of drug-likeness (QED) is 0.821. The lowest BCUT2D eigenvalue weighted by Crippen LogP contribution is -2.31. The molecule has 2 rings (SSSR count). The Morgan fingerprint density at radius 1 is 1.20 bits per heavy atom. The molecule has 0 saturated carbocycles. The molecule has 25 heavy (non-hydrogen) atoms. The van der Waals surface area contributed by atoms with Gasteiger partial charge in [-0.3, -0.25) is 9.78 Å². The molecule has 0 fully saturated rings. The van der Waals surface area contributed by atoms with Gasteiger partial charge in [-0.15, -0.1) is 0 Å². The third-order valence-electron chi connectivity index (χ3n) is 3.95. The minimum absolute atomic E-state index is 0.172. The Labute approximate surface area is 148 Å². The van der Waals surface area contributed by atoms with Crippen molar-refractivity contribution in [3.05, 3.63) is 59.4 Å². The van der Waals surface area contributed by atoms with Crippen LogP contribution in [-0.2, 0) is 16.6 Å². The van der Waals surface area contributed by atoms with Gasteiger partial charge < -0.3 is 5.32 Å². The van der Waals surface area contributed by atoms with E-state index in [1.165, 1.54) is 10.4 Å². The molecule has 1 aromatic carbocycles. The molecule has 0 unspecified atom stereocenters. The van der Waals surface area contributed by atoms with Crippen molar-refractivity contribution in [1.82, 2.24) is 14.6 Å². The molecule has 0 atom stereocenters. The first-order chi connectivity index (χ1) is 11.9. The lowest BCUT2D eigenvalue weighted by atomic mass is 10.1. The van der Waals surface area contributed by atoms with Crippen molar-refractivity contribution in [2.75, 3.05) is 13.1 Å². The average molecular weight is 361 g/mol. The number of hydrogen-bond donors (Lipinski definition) is 1. The Morgan fingerprint density at radius 3 is 2.52 bits per heavy atom. The first kappa shape index (κ1) is 19.1. The predicted molar refractivity (Wildman–Crippen MR) is 96.7 cm³/mol. The molecule has 0 radical (unpaired) electrons. The number of nitrogens with zero attached hydrogens (tertiary/aromatic N) is 2. The number of sulfonamides is 1. The van der Waals surface area contributed by atoms with E-state index in [4.69, 9.17) is 0 Å². The molecule has 0 spiro atoms. The van der Waals surface area contributed by atoms with Gasteiger partial charge in [0.05, 0.1) is 4.90 Å². The highest BCUT2D eigenvalue weighted by atomic mass is 32.2. The number of aryl methyl sites for hydroxylation is 1. The topological polar surface area (TPSA) is 79.4 Å². The highest BCUT2D eigenvalue weighted by Crippen LogP contribution is 2.21. The molecule has 0 aliphatic heterocycles. The summed E-state index contributed by atoms with van der Waals surface area (Å²) < 4.78 is 26.9. The molecule has 1 amide bonds. The van der Waals surface area contributed by atoms with Crippen molar-refractivity contribution in [3.8, 4) is 0 Å². The molecule has 0 aliphatic rings. The molecular formula is C18H23N3O3S. The van der Waals surface area contributed by atoms with Gasteiger partial charge in [-0.25, -0.2) is 8.42 Å². The van der Waals surface area contributed by atoms with Crippen LogP contribution in [0.5, 0.6) is 0 Å². The van der Waals surface area contributed by atoms with Crippen LogP contribution < -0.4 is 5.32 Å². The van der Waals surface area contributed by atoms with Crippen LogP contribution in [-0.4, -0.2) is 36.7 Å². The summed E-state index contributed by atoms with van der Waals surface area (Å²) in [6.07, 6.45) is 3.33. The zero-order valence-electron chi connectivity index (χ0n) is 14.7. The monoisotopic (exact) mass is 361 g/mol. The van der Waals surface area contributed by atoms with Gasteiger partial charge in [-0.05, 0) is 36.2 Å². The van der Waals surface area contributed by atoms with E-state index in [1.54, 1.807) is 51.4 Å². The number of benzene rings is 1. The zero-order valence-corrected chi connectivity index (χ0v) is 15.5. The summed E-state index contributed by atoms with van der Waals surface area (Å²) in [5.74, 6) is -0.320. The van der Waals surface area contributed by atoms with Crippen LogP contribution >= 0.6 is 0 Å². The lowest BCUT2D eigenvalue weighted by Gasteiger charge is -2.20. The van der Waals surface area contributed by atoms with Crippen LogP contribution in [0, 0.1) is 6.92 Å². The van der Waals surface area contributed by atoms with Crippen molar-refractivity contribution < 1.29 is 13.2 Å². The maximum absolute atomic E-state index is 12.8. The third kappa shape index (κ3) is 4.43. The molecule has 0 aliphatic carbocycles. The van der Waals surface area contributed by atoms with Gasteiger partial charge >= 0.3 is 0 Å². The molecule has 1 aromatic heterocycles. The van der Waals surface area contributed by atoms with Gasteiger partial charge in [-0.1, -0.05) is 26.0 Å². The van der Waals surface area contributed by atoms with E-state index in [9.17, 15) is 13.2 Å². The molecule has 6 nitrogen and oxygen atoms in total. The van der Waals surface area contributed by atoms with E-state index in [0.29, 0.717) is 30.8 Å². The third-order valence-corrected chi connectivity index (χ3v) is 6.14. The Kier molecular flexibility index (Phi) is 6.27. The molecule has 0 bridgehead atoms. The molecular weight excluding hydrogens is 338 g/mol. The van der Waals surface area contributed by atoms with Gasteiger partial charge in [-0.2, -0.15) is 4.31 Å². The van der Waals surface area contributed by atoms with Crippen molar-refractivity contribution in [1.29, 1.82) is 0 Å². The van der Waals surface area contributed by atoms with Crippen LogP contribution in [0.15, 0.2) is 47.6 Å². The van der Waals surface area contributed by atoms with Crippen LogP contribution in [0.4, 0.5) is 0 Å². The molecule has 2 aromatic rings. The highest BCUT2D eigenvalue weighted by Gasteiger charge is 2.24. The Bertz CT molecular complexity index is 832. The van der Waals surface area contributed by atoms with E-state index in [1.807, 2.05) is 6.07 Å². The van der Waals surface area contributed by atoms with Gasteiger partial charge in [0.15, 0.2) is 0 Å². The molecule has 1 N–H and O–H groups in total. The maximum Gasteiger partial charge on any atom is 0.251 e. The second kappa shape index (κ2) is 8.22. The fraction of sp³-hybridized carbons (Fsp3) is 0.333. The summed E-state index contributed by atoms with van der Waals surface area (Å²) in [6, 6.07) is 8.40. The predicted octanol–water partition coefficient (Wildman–Crippen LogP) is 2.35. The van der Waals surface area contributed by atoms with E-state index < -0.39 is 10.0 Å². The number of carbonyl (C=O) groups is 1. The van der Waals surface area contributed by atoms with Gasteiger partial charge in [0.2, 0.25) is 10.0 Å². The number of rotatable bonds is 7. The first-order valence-electron chi connectivity index (χ1n) is 8.18. The SMILES string of the molecule is CCN(CC)S(=O)(=O)c1cc(C(=O)NCc2cccnc2)ccc1C. The first-order valence-corrected chi connectivity index (χ1v) is 9.62. The van der Waals surface area contributed by atoms with E-state index in [0.717, 1.165) is 5.56 Å². The van der Waals surface area contributed by atoms with E-state index >= 15 is 0 Å². The minimum atomic E-state index is -3.61. The summed E-state index contributed by atoms with van der Waals surface area (Å²) in [4.78, 5) is 16.5. The summed E-state index contributed by atoms with van der Waals surface area (Å²) in [7, 11) is -3.61. The Morgan fingerprint density at radius 2 is 1.92 bits per heavy atom. The standard InChI is InChI=1S/C18H23N3O3S/c1-4-21(5-2)25(23,24)17-11-16(9-8-14(17)3)18(22)20-13-15-7-6-10-19-12-15/h6-12H,4-5,13H2,1-3H3,(H,20,22). The van der Waals surface area contributed by atoms with Gasteiger partial charge in [0.1, 0.15) is 0 Å². The summed E-state index contributed by atoms with van der Waals surface area (Å²) in [5, 5.41) is 2.78. The number of aromatic nitrogens is 1. The summed E-state index contributed by atoms with van der Waals surface area (Å²) in [5.41, 5.74) is 1.81. The number of carbonyl (C=O) groups excluding carboxylic acids is 1. The van der Waals surface area contributed by atoms with Gasteiger partial charge in [0.25, 0.3) is 5.91 Å². The number of pyridine rings is 1. The summed E-state index contributed by atoms with van der Waals surface area (Å²) >= 11 is 0. The van der Waals surface area contributed by atoms with Crippen LogP contribution in [0.1, 0.15) is 35.3 Å². The van der Waals surface area contributed by atoms with Crippen molar-refractivity contribution in [2.24, 2.45) is 0 Å². The van der Waals surface area contributed by atoms with E-state index in [-0.39, 0.29) is 10.8 Å². The van der Waals surface area contributed by atoms with Gasteiger partial charge in [0, 0.05) is 37.6 Å². The van der Waals surface area contributed by atoms with Crippen LogP contribution in [0.2, 0.25) is 0 Å². The van der Waals surface area contributed by atoms with Crippen LogP contribution in [0.25, 0.3) is 0 Å². The second-order valence-corrected chi connectivity index (χ2v) is 7.52.